The molecule has 0 fully saturated rings. The van der Waals surface area contributed by atoms with Gasteiger partial charge in [-0.25, -0.2) is 4.85 Å². The summed E-state index contributed by atoms with van der Waals surface area (Å²) in [5.41, 5.74) is 11.9. The maximum atomic E-state index is 8.16. The lowest BCUT2D eigenvalue weighted by atomic mass is 9.82. The first kappa shape index (κ1) is 22.6. The second-order valence-corrected chi connectivity index (χ2v) is 11.3. The third-order valence-corrected chi connectivity index (χ3v) is 8.15. The van der Waals surface area contributed by atoms with Crippen molar-refractivity contribution in [2.24, 2.45) is 0 Å². The molecule has 178 valence electrons. The lowest BCUT2D eigenvalue weighted by Crippen LogP contribution is -2.15. The largest absolute Gasteiger partial charge is 0.319 e. The van der Waals surface area contributed by atoms with Gasteiger partial charge in [-0.3, -0.25) is 0 Å². The predicted octanol–water partition coefficient (Wildman–Crippen LogP) is 9.89. The van der Waals surface area contributed by atoms with Crippen molar-refractivity contribution in [3.8, 4) is 16.8 Å². The van der Waals surface area contributed by atoms with Crippen LogP contribution in [0, 0.1) is 6.57 Å². The minimum atomic E-state index is -0.0770. The molecule has 0 saturated heterocycles. The Morgan fingerprint density at radius 2 is 1.44 bits per heavy atom. The first-order valence-electron chi connectivity index (χ1n) is 13.0. The van der Waals surface area contributed by atoms with Gasteiger partial charge in [0.05, 0.1) is 23.3 Å². The van der Waals surface area contributed by atoms with Crippen molar-refractivity contribution in [3.63, 3.8) is 0 Å². The van der Waals surface area contributed by atoms with Crippen molar-refractivity contribution in [1.82, 2.24) is 4.57 Å². The van der Waals surface area contributed by atoms with Crippen LogP contribution in [0.25, 0.3) is 43.5 Å². The third-order valence-electron chi connectivity index (χ3n) is 8.15. The van der Waals surface area contributed by atoms with Gasteiger partial charge in [0, 0.05) is 16.2 Å². The highest BCUT2D eigenvalue weighted by atomic mass is 15.0. The maximum absolute atomic E-state index is 8.16. The van der Waals surface area contributed by atoms with Crippen LogP contribution in [0.4, 0.5) is 5.69 Å². The van der Waals surface area contributed by atoms with Gasteiger partial charge in [0.1, 0.15) is 0 Å². The number of aromatic nitrogens is 1. The van der Waals surface area contributed by atoms with E-state index in [0.717, 1.165) is 16.9 Å². The molecule has 0 bridgehead atoms. The van der Waals surface area contributed by atoms with Crippen molar-refractivity contribution in [1.29, 1.82) is 0 Å². The quantitative estimate of drug-likeness (QED) is 0.233. The minimum Gasteiger partial charge on any atom is -0.319 e. The number of hydrogen-bond donors (Lipinski definition) is 0. The lowest BCUT2D eigenvalue weighted by Gasteiger charge is -2.23. The number of nitrogens with zero attached hydrogens (tertiary/aromatic N) is 2. The molecular formula is C34H32N2. The van der Waals surface area contributed by atoms with Gasteiger partial charge in [0.2, 0.25) is 5.69 Å². The van der Waals surface area contributed by atoms with E-state index in [4.69, 9.17) is 6.57 Å². The molecule has 0 saturated carbocycles. The van der Waals surface area contributed by atoms with Crippen molar-refractivity contribution >= 4 is 27.5 Å². The highest BCUT2D eigenvalue weighted by Crippen LogP contribution is 2.51. The molecule has 1 aromatic heterocycles. The standard InChI is InChI=1S/C34H32N2/c1-20(2)22-16-25(21(3)4)33(30(17-22)35-7)36-31-15-11-9-13-24(31)27-18-26-23-12-8-10-14-28(23)34(5,6)29(26)19-32(27)36/h8-21H,1-6H3. The topological polar surface area (TPSA) is 9.29 Å². The molecule has 1 heterocycles. The van der Waals surface area contributed by atoms with Gasteiger partial charge >= 0.3 is 0 Å². The van der Waals surface area contributed by atoms with E-state index in [1.807, 2.05) is 0 Å². The van der Waals surface area contributed by atoms with E-state index in [1.165, 1.54) is 49.7 Å². The molecule has 6 rings (SSSR count). The monoisotopic (exact) mass is 468 g/mol. The summed E-state index contributed by atoms with van der Waals surface area (Å²) in [6.07, 6.45) is 0. The summed E-state index contributed by atoms with van der Waals surface area (Å²) in [5.74, 6) is 0.670. The Morgan fingerprint density at radius 3 is 2.17 bits per heavy atom. The van der Waals surface area contributed by atoms with Crippen molar-refractivity contribution < 1.29 is 0 Å². The number of rotatable bonds is 3. The first-order chi connectivity index (χ1) is 17.2. The molecule has 4 aromatic carbocycles. The predicted molar refractivity (Wildman–Crippen MR) is 153 cm³/mol. The first-order valence-corrected chi connectivity index (χ1v) is 13.0. The van der Waals surface area contributed by atoms with E-state index in [9.17, 15) is 0 Å². The van der Waals surface area contributed by atoms with Crippen LogP contribution in [-0.4, -0.2) is 4.57 Å². The van der Waals surface area contributed by atoms with Crippen LogP contribution in [0.3, 0.4) is 0 Å². The fourth-order valence-corrected chi connectivity index (χ4v) is 6.17. The highest BCUT2D eigenvalue weighted by Gasteiger charge is 2.36. The van der Waals surface area contributed by atoms with Gasteiger partial charge < -0.3 is 4.57 Å². The molecule has 0 radical (unpaired) electrons. The van der Waals surface area contributed by atoms with Crippen molar-refractivity contribution in [2.45, 2.75) is 58.8 Å². The van der Waals surface area contributed by atoms with E-state index >= 15 is 0 Å². The second-order valence-electron chi connectivity index (χ2n) is 11.3. The van der Waals surface area contributed by atoms with Gasteiger partial charge in [-0.1, -0.05) is 102 Å². The van der Waals surface area contributed by atoms with Crippen LogP contribution in [-0.2, 0) is 5.41 Å². The Balaban J connectivity index is 1.78. The molecule has 36 heavy (non-hydrogen) atoms. The average Bonchev–Trinajstić information content (AvgIpc) is 3.31. The van der Waals surface area contributed by atoms with Crippen molar-refractivity contribution in [3.05, 3.63) is 106 Å². The Labute approximate surface area is 214 Å². The normalized spacial score (nSPS) is 14.0. The van der Waals surface area contributed by atoms with Gasteiger partial charge in [0.25, 0.3) is 0 Å². The van der Waals surface area contributed by atoms with Crippen LogP contribution in [0.15, 0.2) is 72.8 Å². The van der Waals surface area contributed by atoms with Crippen LogP contribution < -0.4 is 0 Å². The molecule has 0 unspecified atom stereocenters. The fraction of sp³-hybridized carbons (Fsp3) is 0.265. The number of fused-ring (bicyclic) bond motifs is 6. The Kier molecular flexibility index (Phi) is 4.92. The molecule has 2 heteroatoms. The fourth-order valence-electron chi connectivity index (χ4n) is 6.17. The molecule has 2 nitrogen and oxygen atoms in total. The summed E-state index contributed by atoms with van der Waals surface area (Å²) < 4.78 is 2.37. The second kappa shape index (κ2) is 7.84. The third kappa shape index (κ3) is 3.02. The summed E-state index contributed by atoms with van der Waals surface area (Å²) in [7, 11) is 0. The molecule has 0 N–H and O–H groups in total. The highest BCUT2D eigenvalue weighted by molar-refractivity contribution is 6.12. The lowest BCUT2D eigenvalue weighted by molar-refractivity contribution is 0.661. The average molecular weight is 469 g/mol. The SMILES string of the molecule is [C-]#[N+]c1cc(C(C)C)cc(C(C)C)c1-n1c2ccccc2c2cc3c(cc21)C(C)(C)c1ccccc1-3. The van der Waals surface area contributed by atoms with Crippen LogP contribution in [0.5, 0.6) is 0 Å². The maximum Gasteiger partial charge on any atom is 0.211 e. The Morgan fingerprint density at radius 1 is 0.722 bits per heavy atom. The Hall–Kier alpha value is -3.83. The van der Waals surface area contributed by atoms with E-state index < -0.39 is 0 Å². The molecule has 1 aliphatic rings. The molecule has 1 aliphatic carbocycles. The minimum absolute atomic E-state index is 0.0770. The van der Waals surface area contributed by atoms with Gasteiger partial charge in [-0.2, -0.15) is 0 Å². The zero-order valence-corrected chi connectivity index (χ0v) is 22.0. The Bertz CT molecular complexity index is 1720. The molecule has 0 spiro atoms. The summed E-state index contributed by atoms with van der Waals surface area (Å²) in [4.78, 5) is 4.09. The van der Waals surface area contributed by atoms with E-state index in [-0.39, 0.29) is 5.41 Å². The van der Waals surface area contributed by atoms with Crippen molar-refractivity contribution in [2.75, 3.05) is 0 Å². The van der Waals surface area contributed by atoms with E-state index in [1.54, 1.807) is 0 Å². The van der Waals surface area contributed by atoms with Crippen LogP contribution in [0.1, 0.15) is 75.6 Å². The molecule has 0 atom stereocenters. The number of hydrogen-bond acceptors (Lipinski definition) is 0. The van der Waals surface area contributed by atoms with Crippen LogP contribution in [0.2, 0.25) is 0 Å². The van der Waals surface area contributed by atoms with Gasteiger partial charge in [-0.05, 0) is 57.9 Å². The molecular weight excluding hydrogens is 436 g/mol. The summed E-state index contributed by atoms with van der Waals surface area (Å²) in [6, 6.07) is 26.7. The zero-order chi connectivity index (χ0) is 25.4. The van der Waals surface area contributed by atoms with Gasteiger partial charge in [-0.15, -0.1) is 0 Å². The zero-order valence-electron chi connectivity index (χ0n) is 22.0. The van der Waals surface area contributed by atoms with Gasteiger partial charge in [0.15, 0.2) is 0 Å². The smallest absolute Gasteiger partial charge is 0.211 e. The molecule has 5 aromatic rings. The van der Waals surface area contributed by atoms with E-state index in [2.05, 4.69) is 124 Å². The van der Waals surface area contributed by atoms with Crippen LogP contribution >= 0.6 is 0 Å². The van der Waals surface area contributed by atoms with E-state index in [0.29, 0.717) is 11.8 Å². The summed E-state index contributed by atoms with van der Waals surface area (Å²) in [6.45, 7) is 21.7. The molecule has 0 amide bonds. The number of benzene rings is 4. The number of para-hydroxylation sites is 1. The molecule has 0 aliphatic heterocycles. The summed E-state index contributed by atoms with van der Waals surface area (Å²) >= 11 is 0. The summed E-state index contributed by atoms with van der Waals surface area (Å²) in [5, 5.41) is 2.48.